The standard InChI is InChI=1S/C16H14N2O4/c17-7-9-14(8-4-5-10(19)12(21)6-8)15-11(20)2-1-3-13(15)22-16(9)18/h4-6,14,19,21H,1-3,18H2/t14-/m0/s1. The molecule has 6 nitrogen and oxygen atoms in total. The summed E-state index contributed by atoms with van der Waals surface area (Å²) in [6.07, 6.45) is 1.66. The Hall–Kier alpha value is -2.94. The molecule has 1 aliphatic carbocycles. The van der Waals surface area contributed by atoms with Gasteiger partial charge in [-0.05, 0) is 24.1 Å². The van der Waals surface area contributed by atoms with Gasteiger partial charge in [0.15, 0.2) is 17.3 Å². The molecule has 0 spiro atoms. The molecule has 2 aliphatic rings. The van der Waals surface area contributed by atoms with Crippen molar-refractivity contribution in [2.75, 3.05) is 0 Å². The third kappa shape index (κ3) is 2.07. The van der Waals surface area contributed by atoms with Crippen LogP contribution in [0.4, 0.5) is 0 Å². The Morgan fingerprint density at radius 3 is 2.73 bits per heavy atom. The molecule has 1 aromatic carbocycles. The second-order valence-electron chi connectivity index (χ2n) is 5.29. The summed E-state index contributed by atoms with van der Waals surface area (Å²) in [5.41, 5.74) is 6.89. The second kappa shape index (κ2) is 5.11. The number of ketones is 1. The topological polar surface area (TPSA) is 117 Å². The van der Waals surface area contributed by atoms with Crippen LogP contribution < -0.4 is 5.73 Å². The maximum absolute atomic E-state index is 12.3. The third-order valence-electron chi connectivity index (χ3n) is 3.94. The molecule has 0 unspecified atom stereocenters. The number of hydrogen-bond donors (Lipinski definition) is 3. The summed E-state index contributed by atoms with van der Waals surface area (Å²) in [5, 5.41) is 28.5. The van der Waals surface area contributed by atoms with Gasteiger partial charge in [0.2, 0.25) is 5.88 Å². The zero-order valence-electron chi connectivity index (χ0n) is 11.7. The molecular weight excluding hydrogens is 284 g/mol. The summed E-state index contributed by atoms with van der Waals surface area (Å²) in [6, 6.07) is 6.20. The van der Waals surface area contributed by atoms with E-state index in [2.05, 4.69) is 0 Å². The highest BCUT2D eigenvalue weighted by atomic mass is 16.5. The number of phenolic OH excluding ortho intramolecular Hbond substituents is 2. The van der Waals surface area contributed by atoms with Gasteiger partial charge in [-0.25, -0.2) is 0 Å². The van der Waals surface area contributed by atoms with E-state index in [1.165, 1.54) is 12.1 Å². The van der Waals surface area contributed by atoms with Gasteiger partial charge in [0.25, 0.3) is 0 Å². The molecule has 1 atom stereocenters. The number of ether oxygens (including phenoxy) is 1. The molecule has 1 aromatic rings. The fourth-order valence-electron chi connectivity index (χ4n) is 2.91. The van der Waals surface area contributed by atoms with Crippen LogP contribution in [0.5, 0.6) is 11.5 Å². The summed E-state index contributed by atoms with van der Waals surface area (Å²) >= 11 is 0. The number of Topliss-reactive ketones (excluding diaryl/α,β-unsaturated/α-hetero) is 1. The minimum atomic E-state index is -0.673. The van der Waals surface area contributed by atoms with Crippen LogP contribution in [-0.2, 0) is 9.53 Å². The van der Waals surface area contributed by atoms with E-state index in [0.29, 0.717) is 36.2 Å². The van der Waals surface area contributed by atoms with E-state index in [9.17, 15) is 20.3 Å². The molecule has 22 heavy (non-hydrogen) atoms. The van der Waals surface area contributed by atoms with Gasteiger partial charge in [-0.1, -0.05) is 6.07 Å². The van der Waals surface area contributed by atoms with Crippen LogP contribution in [-0.4, -0.2) is 16.0 Å². The Morgan fingerprint density at radius 2 is 2.05 bits per heavy atom. The molecule has 3 rings (SSSR count). The van der Waals surface area contributed by atoms with Crippen LogP contribution in [0.25, 0.3) is 0 Å². The molecule has 1 heterocycles. The van der Waals surface area contributed by atoms with Gasteiger partial charge in [0, 0.05) is 18.4 Å². The molecule has 0 aromatic heterocycles. The van der Waals surface area contributed by atoms with E-state index in [1.807, 2.05) is 6.07 Å². The maximum Gasteiger partial charge on any atom is 0.205 e. The lowest BCUT2D eigenvalue weighted by atomic mass is 9.77. The summed E-state index contributed by atoms with van der Waals surface area (Å²) in [5.74, 6) is -0.869. The number of nitriles is 1. The fourth-order valence-corrected chi connectivity index (χ4v) is 2.91. The largest absolute Gasteiger partial charge is 0.504 e. The zero-order chi connectivity index (χ0) is 15.9. The monoisotopic (exact) mass is 298 g/mol. The van der Waals surface area contributed by atoms with Crippen molar-refractivity contribution in [3.05, 3.63) is 46.6 Å². The molecule has 6 heteroatoms. The van der Waals surface area contributed by atoms with Gasteiger partial charge in [0.1, 0.15) is 17.4 Å². The van der Waals surface area contributed by atoms with Crippen LogP contribution >= 0.6 is 0 Å². The fraction of sp³-hybridized carbons (Fsp3) is 0.250. The minimum absolute atomic E-state index is 0.0199. The van der Waals surface area contributed by atoms with E-state index in [0.717, 1.165) is 0 Å². The predicted molar refractivity (Wildman–Crippen MR) is 76.3 cm³/mol. The Bertz CT molecular complexity index is 771. The number of benzene rings is 1. The van der Waals surface area contributed by atoms with Crippen molar-refractivity contribution in [3.8, 4) is 17.6 Å². The summed E-state index contributed by atoms with van der Waals surface area (Å²) in [6.45, 7) is 0. The normalized spacial score (nSPS) is 21.2. The number of aromatic hydroxyl groups is 2. The molecule has 0 saturated heterocycles. The smallest absolute Gasteiger partial charge is 0.205 e. The van der Waals surface area contributed by atoms with E-state index in [4.69, 9.17) is 10.5 Å². The zero-order valence-corrected chi connectivity index (χ0v) is 11.7. The number of nitrogens with two attached hydrogens (primary N) is 1. The molecule has 0 fully saturated rings. The SMILES string of the molecule is N#CC1=C(N)OC2=C(C(=O)CCC2)[C@H]1c1ccc(O)c(O)c1. The van der Waals surface area contributed by atoms with Crippen molar-refractivity contribution < 1.29 is 19.7 Å². The summed E-state index contributed by atoms with van der Waals surface area (Å²) in [7, 11) is 0. The van der Waals surface area contributed by atoms with Gasteiger partial charge in [-0.15, -0.1) is 0 Å². The molecule has 0 saturated carbocycles. The first-order chi connectivity index (χ1) is 10.5. The summed E-state index contributed by atoms with van der Waals surface area (Å²) in [4.78, 5) is 12.3. The van der Waals surface area contributed by atoms with Crippen molar-refractivity contribution in [1.29, 1.82) is 5.26 Å². The minimum Gasteiger partial charge on any atom is -0.504 e. The van der Waals surface area contributed by atoms with E-state index in [-0.39, 0.29) is 28.7 Å². The van der Waals surface area contributed by atoms with Crippen molar-refractivity contribution in [2.24, 2.45) is 5.73 Å². The van der Waals surface area contributed by atoms with Crippen LogP contribution in [0.2, 0.25) is 0 Å². The number of phenols is 2. The Labute approximate surface area is 126 Å². The van der Waals surface area contributed by atoms with Crippen LogP contribution in [0.3, 0.4) is 0 Å². The molecule has 0 radical (unpaired) electrons. The molecule has 112 valence electrons. The number of hydrogen-bond acceptors (Lipinski definition) is 6. The quantitative estimate of drug-likeness (QED) is 0.682. The Kier molecular flexibility index (Phi) is 3.26. The van der Waals surface area contributed by atoms with Crippen LogP contribution in [0, 0.1) is 11.3 Å². The highest BCUT2D eigenvalue weighted by Crippen LogP contribution is 2.44. The number of carbonyl (C=O) groups excluding carboxylic acids is 1. The lowest BCUT2D eigenvalue weighted by molar-refractivity contribution is -0.116. The average Bonchev–Trinajstić information content (AvgIpc) is 2.49. The maximum atomic E-state index is 12.3. The van der Waals surface area contributed by atoms with Crippen molar-refractivity contribution in [3.63, 3.8) is 0 Å². The second-order valence-corrected chi connectivity index (χ2v) is 5.29. The first kappa shape index (κ1) is 14.0. The highest BCUT2D eigenvalue weighted by molar-refractivity contribution is 5.99. The van der Waals surface area contributed by atoms with E-state index < -0.39 is 5.92 Å². The Balaban J connectivity index is 2.20. The molecule has 1 aliphatic heterocycles. The Morgan fingerprint density at radius 1 is 1.27 bits per heavy atom. The van der Waals surface area contributed by atoms with Gasteiger partial charge >= 0.3 is 0 Å². The molecular formula is C16H14N2O4. The van der Waals surface area contributed by atoms with Crippen LogP contribution in [0.1, 0.15) is 30.7 Å². The number of rotatable bonds is 1. The first-order valence-corrected chi connectivity index (χ1v) is 6.88. The van der Waals surface area contributed by atoms with Gasteiger partial charge in [0.05, 0.1) is 5.92 Å². The van der Waals surface area contributed by atoms with Crippen molar-refractivity contribution in [1.82, 2.24) is 0 Å². The highest BCUT2D eigenvalue weighted by Gasteiger charge is 2.38. The number of allylic oxidation sites excluding steroid dienone is 3. The van der Waals surface area contributed by atoms with E-state index in [1.54, 1.807) is 6.07 Å². The number of nitrogens with zero attached hydrogens (tertiary/aromatic N) is 1. The molecule has 4 N–H and O–H groups in total. The van der Waals surface area contributed by atoms with Crippen molar-refractivity contribution in [2.45, 2.75) is 25.2 Å². The van der Waals surface area contributed by atoms with E-state index >= 15 is 0 Å². The summed E-state index contributed by atoms with van der Waals surface area (Å²) < 4.78 is 5.45. The third-order valence-corrected chi connectivity index (χ3v) is 3.94. The average molecular weight is 298 g/mol. The number of carbonyl (C=O) groups is 1. The molecule has 0 bridgehead atoms. The first-order valence-electron chi connectivity index (χ1n) is 6.88. The van der Waals surface area contributed by atoms with Gasteiger partial charge < -0.3 is 20.7 Å². The van der Waals surface area contributed by atoms with Crippen molar-refractivity contribution >= 4 is 5.78 Å². The van der Waals surface area contributed by atoms with Gasteiger partial charge in [-0.2, -0.15) is 5.26 Å². The van der Waals surface area contributed by atoms with Gasteiger partial charge in [-0.3, -0.25) is 4.79 Å². The molecule has 0 amide bonds. The lowest BCUT2D eigenvalue weighted by Crippen LogP contribution is -2.27. The predicted octanol–water partition coefficient (Wildman–Crippen LogP) is 1.91. The lowest BCUT2D eigenvalue weighted by Gasteiger charge is -2.31. The van der Waals surface area contributed by atoms with Crippen LogP contribution in [0.15, 0.2) is 41.0 Å².